The van der Waals surface area contributed by atoms with Crippen LogP contribution in [0.2, 0.25) is 0 Å². The van der Waals surface area contributed by atoms with Crippen LogP contribution >= 0.6 is 0 Å². The summed E-state index contributed by atoms with van der Waals surface area (Å²) >= 11 is 0. The van der Waals surface area contributed by atoms with E-state index in [1.807, 2.05) is 24.3 Å². The Bertz CT molecular complexity index is 2040. The number of carbonyl (C=O) groups is 3. The maximum Gasteiger partial charge on any atom is 0.256 e. The van der Waals surface area contributed by atoms with Crippen LogP contribution in [0.25, 0.3) is 11.1 Å². The standard InChI is InChI=1S/C44H48N6O4/c1-2-36(30-6-4-3-5-7-30)42(32-10-14-35(51)15-11-32)31-8-12-34(13-9-31)48-23-20-29(21-24-48)26-45-33-22-25-49(27-33)40-18-16-37-38(46-40)28-50(44(37)54)39-17-19-41(52)47-43(39)53/h3-16,18,29,33,39,45,51H,2,17,19-28H2,1H3,(H,47,52,53)/b42-36+. The second-order valence-electron chi connectivity index (χ2n) is 15.0. The zero-order valence-electron chi connectivity index (χ0n) is 30.8. The molecular formula is C44H48N6O4. The van der Waals surface area contributed by atoms with Crippen LogP contribution < -0.4 is 20.4 Å². The number of nitrogens with one attached hydrogen (secondary N) is 2. The van der Waals surface area contributed by atoms with Gasteiger partial charge in [-0.1, -0.05) is 61.5 Å². The largest absolute Gasteiger partial charge is 0.508 e. The highest BCUT2D eigenvalue weighted by Crippen LogP contribution is 2.36. The van der Waals surface area contributed by atoms with Crippen molar-refractivity contribution in [3.63, 3.8) is 0 Å². The third kappa shape index (κ3) is 7.35. The van der Waals surface area contributed by atoms with Crippen molar-refractivity contribution in [2.75, 3.05) is 42.5 Å². The molecule has 54 heavy (non-hydrogen) atoms. The molecule has 278 valence electrons. The number of imide groups is 1. The maximum absolute atomic E-state index is 13.1. The Kier molecular flexibility index (Phi) is 10.2. The van der Waals surface area contributed by atoms with Gasteiger partial charge in [0, 0.05) is 44.3 Å². The Labute approximate surface area is 316 Å². The molecule has 3 N–H and O–H groups in total. The number of amides is 3. The van der Waals surface area contributed by atoms with Crippen LogP contribution in [0.4, 0.5) is 11.5 Å². The number of nitrogens with zero attached hydrogens (tertiary/aromatic N) is 4. The number of phenols is 1. The Hall–Kier alpha value is -5.48. The lowest BCUT2D eigenvalue weighted by Gasteiger charge is -2.34. The molecule has 0 bridgehead atoms. The van der Waals surface area contributed by atoms with Crippen molar-refractivity contribution >= 4 is 40.4 Å². The van der Waals surface area contributed by atoms with E-state index in [4.69, 9.17) is 4.98 Å². The number of hydrogen-bond donors (Lipinski definition) is 3. The normalized spacial score (nSPS) is 21.0. The summed E-state index contributed by atoms with van der Waals surface area (Å²) in [7, 11) is 0. The van der Waals surface area contributed by atoms with Gasteiger partial charge in [0.25, 0.3) is 5.91 Å². The van der Waals surface area contributed by atoms with Crippen molar-refractivity contribution < 1.29 is 19.5 Å². The summed E-state index contributed by atoms with van der Waals surface area (Å²) in [4.78, 5) is 48.4. The minimum absolute atomic E-state index is 0.191. The summed E-state index contributed by atoms with van der Waals surface area (Å²) in [5, 5.41) is 16.2. The molecule has 0 saturated carbocycles. The molecule has 0 aliphatic carbocycles. The molecule has 3 aromatic carbocycles. The van der Waals surface area contributed by atoms with Gasteiger partial charge in [-0.25, -0.2) is 4.98 Å². The molecule has 3 saturated heterocycles. The highest BCUT2D eigenvalue weighted by atomic mass is 16.3. The van der Waals surface area contributed by atoms with Crippen molar-refractivity contribution in [2.24, 2.45) is 5.92 Å². The Morgan fingerprint density at radius 2 is 1.52 bits per heavy atom. The number of pyridine rings is 1. The molecule has 10 nitrogen and oxygen atoms in total. The van der Waals surface area contributed by atoms with Gasteiger partial charge < -0.3 is 25.1 Å². The predicted octanol–water partition coefficient (Wildman–Crippen LogP) is 6.00. The zero-order valence-corrected chi connectivity index (χ0v) is 30.8. The highest BCUT2D eigenvalue weighted by molar-refractivity contribution is 6.05. The maximum atomic E-state index is 13.1. The summed E-state index contributed by atoms with van der Waals surface area (Å²) in [5.41, 5.74) is 8.46. The van der Waals surface area contributed by atoms with Crippen molar-refractivity contribution in [3.8, 4) is 5.75 Å². The van der Waals surface area contributed by atoms with Crippen molar-refractivity contribution in [3.05, 3.63) is 119 Å². The van der Waals surface area contributed by atoms with Gasteiger partial charge in [-0.15, -0.1) is 0 Å². The first-order valence-corrected chi connectivity index (χ1v) is 19.4. The number of fused-ring (bicyclic) bond motifs is 1. The van der Waals surface area contributed by atoms with E-state index in [2.05, 4.69) is 82.0 Å². The number of hydrogen-bond acceptors (Lipinski definition) is 8. The molecule has 10 heteroatoms. The van der Waals surface area contributed by atoms with Gasteiger partial charge in [-0.2, -0.15) is 0 Å². The monoisotopic (exact) mass is 724 g/mol. The van der Waals surface area contributed by atoms with Gasteiger partial charge in [-0.05, 0) is 109 Å². The Balaban J connectivity index is 0.846. The van der Waals surface area contributed by atoms with Crippen molar-refractivity contribution in [1.29, 1.82) is 0 Å². The van der Waals surface area contributed by atoms with E-state index < -0.39 is 11.9 Å². The lowest BCUT2D eigenvalue weighted by atomic mass is 9.88. The molecule has 3 fully saturated rings. The van der Waals surface area contributed by atoms with Gasteiger partial charge >= 0.3 is 0 Å². The minimum Gasteiger partial charge on any atom is -0.508 e. The van der Waals surface area contributed by atoms with E-state index in [9.17, 15) is 19.5 Å². The molecule has 0 spiro atoms. The fourth-order valence-corrected chi connectivity index (χ4v) is 8.61. The smallest absolute Gasteiger partial charge is 0.256 e. The molecule has 4 aliphatic rings. The van der Waals surface area contributed by atoms with E-state index >= 15 is 0 Å². The average molecular weight is 725 g/mol. The summed E-state index contributed by atoms with van der Waals surface area (Å²) in [6.45, 7) is 7.32. The number of carbonyl (C=O) groups excluding carboxylic acids is 3. The second kappa shape index (κ2) is 15.5. The molecular weight excluding hydrogens is 677 g/mol. The number of benzene rings is 3. The van der Waals surface area contributed by atoms with Crippen LogP contribution in [0.5, 0.6) is 5.75 Å². The number of allylic oxidation sites excluding steroid dienone is 1. The van der Waals surface area contributed by atoms with Crippen LogP contribution in [-0.4, -0.2) is 77.5 Å². The first-order chi connectivity index (χ1) is 26.3. The van der Waals surface area contributed by atoms with Gasteiger partial charge in [0.1, 0.15) is 17.6 Å². The topological polar surface area (TPSA) is 118 Å². The number of rotatable bonds is 10. The fourth-order valence-electron chi connectivity index (χ4n) is 8.61. The molecule has 2 atom stereocenters. The van der Waals surface area contributed by atoms with Gasteiger partial charge in [0.2, 0.25) is 11.8 Å². The second-order valence-corrected chi connectivity index (χ2v) is 15.0. The first kappa shape index (κ1) is 35.5. The van der Waals surface area contributed by atoms with Gasteiger partial charge in [-0.3, -0.25) is 19.7 Å². The Morgan fingerprint density at radius 1 is 0.815 bits per heavy atom. The molecule has 0 radical (unpaired) electrons. The van der Waals surface area contributed by atoms with Crippen molar-refractivity contribution in [1.82, 2.24) is 20.5 Å². The predicted molar refractivity (Wildman–Crippen MR) is 211 cm³/mol. The van der Waals surface area contributed by atoms with Crippen LogP contribution in [0.15, 0.2) is 91.0 Å². The number of aromatic nitrogens is 1. The third-order valence-electron chi connectivity index (χ3n) is 11.6. The van der Waals surface area contributed by atoms with E-state index in [1.165, 1.54) is 28.0 Å². The summed E-state index contributed by atoms with van der Waals surface area (Å²) in [6, 6.07) is 30.6. The van der Waals surface area contributed by atoms with Crippen LogP contribution in [0.3, 0.4) is 0 Å². The third-order valence-corrected chi connectivity index (χ3v) is 11.6. The van der Waals surface area contributed by atoms with Gasteiger partial charge in [0.05, 0.1) is 17.8 Å². The number of aromatic hydroxyl groups is 1. The quantitative estimate of drug-likeness (QED) is 0.135. The lowest BCUT2D eigenvalue weighted by molar-refractivity contribution is -0.136. The minimum atomic E-state index is -0.631. The molecule has 5 heterocycles. The lowest BCUT2D eigenvalue weighted by Crippen LogP contribution is -2.52. The SMILES string of the molecule is CC/C(=C(\c1ccc(O)cc1)c1ccc(N2CCC(CNC3CCN(c4ccc5c(n4)CN(C4CCC(=O)NC4=O)C5=O)C3)CC2)cc1)c1ccccc1. The number of anilines is 2. The summed E-state index contributed by atoms with van der Waals surface area (Å²) in [6.07, 6.45) is 4.80. The molecule has 3 amide bonds. The first-order valence-electron chi connectivity index (χ1n) is 19.4. The summed E-state index contributed by atoms with van der Waals surface area (Å²) < 4.78 is 0. The molecule has 4 aliphatic heterocycles. The van der Waals surface area contributed by atoms with Crippen LogP contribution in [0, 0.1) is 5.92 Å². The van der Waals surface area contributed by atoms with Crippen molar-refractivity contribution in [2.45, 2.75) is 64.1 Å². The molecule has 1 aromatic heterocycles. The van der Waals surface area contributed by atoms with Gasteiger partial charge in [0.15, 0.2) is 0 Å². The molecule has 8 rings (SSSR count). The van der Waals surface area contributed by atoms with E-state index in [-0.39, 0.29) is 24.0 Å². The highest BCUT2D eigenvalue weighted by Gasteiger charge is 2.40. The Morgan fingerprint density at radius 3 is 2.22 bits per heavy atom. The van der Waals surface area contributed by atoms with E-state index in [1.54, 1.807) is 17.0 Å². The molecule has 2 unspecified atom stereocenters. The summed E-state index contributed by atoms with van der Waals surface area (Å²) in [5.74, 6) is 0.880. The fraction of sp³-hybridized carbons (Fsp3) is 0.364. The van der Waals surface area contributed by atoms with Crippen LogP contribution in [-0.2, 0) is 16.1 Å². The zero-order chi connectivity index (χ0) is 37.2. The molecule has 4 aromatic rings. The van der Waals surface area contributed by atoms with Crippen LogP contribution in [0.1, 0.15) is 78.2 Å². The van der Waals surface area contributed by atoms with E-state index in [0.717, 1.165) is 69.8 Å². The average Bonchev–Trinajstić information content (AvgIpc) is 3.81. The van der Waals surface area contributed by atoms with E-state index in [0.29, 0.717) is 36.2 Å². The number of phenolic OH excluding ortho intramolecular Hbond substituents is 1. The number of piperidine rings is 2.